The van der Waals surface area contributed by atoms with Gasteiger partial charge in [0.1, 0.15) is 17.9 Å². The maximum Gasteiger partial charge on any atom is 0.334 e. The first-order valence-electron chi connectivity index (χ1n) is 8.53. The number of aryl methyl sites for hydroxylation is 1. The third kappa shape index (κ3) is 2.84. The quantitative estimate of drug-likeness (QED) is 0.522. The minimum absolute atomic E-state index is 0.205. The molecule has 0 saturated carbocycles. The number of pyridine rings is 1. The van der Waals surface area contributed by atoms with Gasteiger partial charge in [0, 0.05) is 23.1 Å². The number of aromatic nitrogens is 1. The monoisotopic (exact) mass is 345 g/mol. The van der Waals surface area contributed by atoms with Crippen LogP contribution in [0.4, 0.5) is 0 Å². The van der Waals surface area contributed by atoms with E-state index in [1.54, 1.807) is 0 Å². The minimum atomic E-state index is -0.860. The van der Waals surface area contributed by atoms with E-state index in [0.717, 1.165) is 22.2 Å². The highest BCUT2D eigenvalue weighted by Gasteiger charge is 2.45. The lowest BCUT2D eigenvalue weighted by Gasteiger charge is -2.28. The number of para-hydroxylation sites is 1. The van der Waals surface area contributed by atoms with Crippen molar-refractivity contribution in [3.05, 3.63) is 84.1 Å². The molecule has 4 heteroatoms. The lowest BCUT2D eigenvalue weighted by Crippen LogP contribution is -2.33. The molecule has 1 saturated heterocycles. The number of hydrogen-bond donors (Lipinski definition) is 0. The summed E-state index contributed by atoms with van der Waals surface area (Å²) in [4.78, 5) is 16.6. The lowest BCUT2D eigenvalue weighted by atomic mass is 9.90. The zero-order valence-corrected chi connectivity index (χ0v) is 14.6. The van der Waals surface area contributed by atoms with Crippen molar-refractivity contribution in [3.8, 4) is 5.75 Å². The zero-order chi connectivity index (χ0) is 18.1. The maximum absolute atomic E-state index is 12.0. The number of hydrogen-bond acceptors (Lipinski definition) is 4. The molecule has 0 radical (unpaired) electrons. The number of ether oxygens (including phenoxy) is 2. The number of carbonyl (C=O) groups is 1. The zero-order valence-electron chi connectivity index (χ0n) is 14.6. The average molecular weight is 345 g/mol. The van der Waals surface area contributed by atoms with E-state index in [1.807, 2.05) is 67.6 Å². The van der Waals surface area contributed by atoms with Crippen LogP contribution >= 0.6 is 0 Å². The number of esters is 1. The summed E-state index contributed by atoms with van der Waals surface area (Å²) in [5, 5.41) is 1.01. The molecular formula is C22H19NO3. The fraction of sp³-hybridized carbons (Fsp3) is 0.182. The van der Waals surface area contributed by atoms with Gasteiger partial charge in [-0.25, -0.2) is 9.78 Å². The molecule has 0 amide bonds. The fourth-order valence-electron chi connectivity index (χ4n) is 3.30. The topological polar surface area (TPSA) is 48.4 Å². The van der Waals surface area contributed by atoms with Gasteiger partial charge in [0.15, 0.2) is 5.60 Å². The average Bonchev–Trinajstić information content (AvgIpc) is 2.96. The van der Waals surface area contributed by atoms with Crippen LogP contribution in [0, 0.1) is 6.92 Å². The Morgan fingerprint density at radius 2 is 1.92 bits per heavy atom. The van der Waals surface area contributed by atoms with Crippen LogP contribution in [-0.4, -0.2) is 17.6 Å². The molecular weight excluding hydrogens is 326 g/mol. The van der Waals surface area contributed by atoms with E-state index in [9.17, 15) is 4.79 Å². The van der Waals surface area contributed by atoms with Gasteiger partial charge in [-0.05, 0) is 24.6 Å². The maximum atomic E-state index is 12.0. The number of benzene rings is 2. The smallest absolute Gasteiger partial charge is 0.334 e. The minimum Gasteiger partial charge on any atom is -0.487 e. The Morgan fingerprint density at radius 1 is 1.12 bits per heavy atom. The second kappa shape index (κ2) is 6.30. The van der Waals surface area contributed by atoms with Crippen molar-refractivity contribution in [2.45, 2.75) is 18.9 Å². The van der Waals surface area contributed by atoms with Crippen LogP contribution in [0.3, 0.4) is 0 Å². The number of rotatable bonds is 4. The van der Waals surface area contributed by atoms with E-state index in [-0.39, 0.29) is 12.6 Å². The molecule has 1 aliphatic rings. The normalized spacial score (nSPS) is 19.6. The second-order valence-corrected chi connectivity index (χ2v) is 6.60. The predicted octanol–water partition coefficient (Wildman–Crippen LogP) is 4.32. The van der Waals surface area contributed by atoms with Crippen LogP contribution in [0.5, 0.6) is 5.75 Å². The molecule has 1 aromatic heterocycles. The van der Waals surface area contributed by atoms with Crippen molar-refractivity contribution in [3.63, 3.8) is 0 Å². The van der Waals surface area contributed by atoms with Crippen LogP contribution in [0.25, 0.3) is 10.9 Å². The first-order chi connectivity index (χ1) is 12.6. The highest BCUT2D eigenvalue weighted by Crippen LogP contribution is 2.40. The van der Waals surface area contributed by atoms with Crippen LogP contribution in [0.2, 0.25) is 0 Å². The van der Waals surface area contributed by atoms with Gasteiger partial charge in [0.25, 0.3) is 0 Å². The van der Waals surface area contributed by atoms with E-state index >= 15 is 0 Å². The van der Waals surface area contributed by atoms with Gasteiger partial charge in [-0.15, -0.1) is 0 Å². The predicted molar refractivity (Wildman–Crippen MR) is 99.9 cm³/mol. The first kappa shape index (κ1) is 16.3. The molecule has 0 aliphatic carbocycles. The molecule has 0 spiro atoms. The van der Waals surface area contributed by atoms with Gasteiger partial charge in [0.2, 0.25) is 0 Å². The summed E-state index contributed by atoms with van der Waals surface area (Å²) in [7, 11) is 0. The Balaban J connectivity index is 1.69. The molecule has 2 heterocycles. The fourth-order valence-corrected chi connectivity index (χ4v) is 3.30. The third-order valence-corrected chi connectivity index (χ3v) is 4.66. The van der Waals surface area contributed by atoms with Crippen molar-refractivity contribution in [2.75, 3.05) is 6.61 Å². The molecule has 0 bridgehead atoms. The van der Waals surface area contributed by atoms with E-state index in [4.69, 9.17) is 9.47 Å². The summed E-state index contributed by atoms with van der Waals surface area (Å²) in [6.45, 7) is 5.98. The van der Waals surface area contributed by atoms with Gasteiger partial charge in [-0.2, -0.15) is 0 Å². The van der Waals surface area contributed by atoms with Gasteiger partial charge >= 0.3 is 5.97 Å². The van der Waals surface area contributed by atoms with Gasteiger partial charge in [0.05, 0.1) is 0 Å². The van der Waals surface area contributed by atoms with Gasteiger partial charge in [-0.1, -0.05) is 55.1 Å². The standard InChI is InChI=1S/C22H19NO3/c1-15-13-22(26-21(15)24,18-8-4-3-5-9-18)14-25-19-10-6-7-17-12-11-16(2)23-20(17)19/h3-12H,1,13-14H2,2H3. The Hall–Kier alpha value is -3.14. The highest BCUT2D eigenvalue weighted by atomic mass is 16.6. The SMILES string of the molecule is C=C1CC(COc2cccc3ccc(C)nc23)(c2ccccc2)OC1=O. The summed E-state index contributed by atoms with van der Waals surface area (Å²) in [6, 6.07) is 19.5. The van der Waals surface area contributed by atoms with Gasteiger partial charge < -0.3 is 9.47 Å². The molecule has 4 nitrogen and oxygen atoms in total. The Kier molecular flexibility index (Phi) is 3.96. The van der Waals surface area contributed by atoms with E-state index in [1.165, 1.54) is 0 Å². The summed E-state index contributed by atoms with van der Waals surface area (Å²) >= 11 is 0. The summed E-state index contributed by atoms with van der Waals surface area (Å²) in [6.07, 6.45) is 0.410. The second-order valence-electron chi connectivity index (χ2n) is 6.60. The Labute approximate surface area is 152 Å². The van der Waals surface area contributed by atoms with Gasteiger partial charge in [-0.3, -0.25) is 0 Å². The van der Waals surface area contributed by atoms with Crippen LogP contribution in [0.15, 0.2) is 72.8 Å². The first-order valence-corrected chi connectivity index (χ1v) is 8.53. The van der Waals surface area contributed by atoms with Crippen molar-refractivity contribution >= 4 is 16.9 Å². The largest absolute Gasteiger partial charge is 0.487 e. The van der Waals surface area contributed by atoms with E-state index in [0.29, 0.717) is 17.7 Å². The molecule has 0 N–H and O–H groups in total. The number of nitrogens with zero attached hydrogens (tertiary/aromatic N) is 1. The number of cyclic esters (lactones) is 1. The molecule has 2 aromatic carbocycles. The van der Waals surface area contributed by atoms with Crippen LogP contribution in [0.1, 0.15) is 17.7 Å². The summed E-state index contributed by atoms with van der Waals surface area (Å²) in [5.41, 5.74) is 2.23. The Bertz CT molecular complexity index is 979. The van der Waals surface area contributed by atoms with Crippen LogP contribution < -0.4 is 4.74 Å². The molecule has 1 atom stereocenters. The molecule has 1 fully saturated rings. The molecule has 1 aliphatic heterocycles. The van der Waals surface area contributed by atoms with Crippen LogP contribution in [-0.2, 0) is 15.1 Å². The summed E-state index contributed by atoms with van der Waals surface area (Å²) in [5.74, 6) is 0.305. The van der Waals surface area contributed by atoms with E-state index in [2.05, 4.69) is 11.6 Å². The molecule has 130 valence electrons. The van der Waals surface area contributed by atoms with Crippen molar-refractivity contribution in [1.29, 1.82) is 0 Å². The molecule has 1 unspecified atom stereocenters. The molecule has 4 rings (SSSR count). The Morgan fingerprint density at radius 3 is 2.65 bits per heavy atom. The third-order valence-electron chi connectivity index (χ3n) is 4.66. The summed E-state index contributed by atoms with van der Waals surface area (Å²) < 4.78 is 11.9. The lowest BCUT2D eigenvalue weighted by molar-refractivity contribution is -0.150. The highest BCUT2D eigenvalue weighted by molar-refractivity contribution is 5.91. The molecule has 26 heavy (non-hydrogen) atoms. The van der Waals surface area contributed by atoms with E-state index < -0.39 is 5.60 Å². The number of carbonyl (C=O) groups excluding carboxylic acids is 1. The van der Waals surface area contributed by atoms with Crippen molar-refractivity contribution in [1.82, 2.24) is 4.98 Å². The molecule has 3 aromatic rings. The van der Waals surface area contributed by atoms with Crippen molar-refractivity contribution < 1.29 is 14.3 Å². The number of fused-ring (bicyclic) bond motifs is 1. The van der Waals surface area contributed by atoms with Crippen molar-refractivity contribution in [2.24, 2.45) is 0 Å².